The maximum absolute atomic E-state index is 13.5. The number of rotatable bonds is 15. The summed E-state index contributed by atoms with van der Waals surface area (Å²) in [7, 11) is 0. The summed E-state index contributed by atoms with van der Waals surface area (Å²) in [4.78, 5) is 58.9. The Morgan fingerprint density at radius 1 is 0.964 bits per heavy atom. The van der Waals surface area contributed by atoms with Crippen LogP contribution in [0.25, 0.3) is 0 Å². The minimum absolute atomic E-state index is 0.0786. The van der Waals surface area contributed by atoms with Gasteiger partial charge < -0.3 is 14.4 Å². The molecular formula is C41H50ClN7O6. The second kappa shape index (κ2) is 16.9. The van der Waals surface area contributed by atoms with Gasteiger partial charge in [0.1, 0.15) is 35.5 Å². The Balaban J connectivity index is 0.871. The van der Waals surface area contributed by atoms with Crippen molar-refractivity contribution in [2.45, 2.75) is 84.8 Å². The van der Waals surface area contributed by atoms with Crippen molar-refractivity contribution in [2.24, 2.45) is 16.7 Å². The van der Waals surface area contributed by atoms with Crippen molar-refractivity contribution in [3.8, 4) is 17.6 Å². The van der Waals surface area contributed by atoms with Gasteiger partial charge in [0, 0.05) is 73.7 Å². The van der Waals surface area contributed by atoms with Crippen molar-refractivity contribution in [3.63, 3.8) is 0 Å². The molecule has 4 heterocycles. The molecule has 14 heteroatoms. The molecule has 1 unspecified atom stereocenters. The summed E-state index contributed by atoms with van der Waals surface area (Å²) in [6.45, 7) is 13.7. The summed E-state index contributed by atoms with van der Waals surface area (Å²) >= 11 is 6.24. The van der Waals surface area contributed by atoms with E-state index in [1.54, 1.807) is 24.4 Å². The highest BCUT2D eigenvalue weighted by Gasteiger charge is 2.63. The van der Waals surface area contributed by atoms with E-state index in [1.807, 2.05) is 12.1 Å². The number of aromatic nitrogens is 3. The molecule has 3 aliphatic rings. The van der Waals surface area contributed by atoms with Gasteiger partial charge in [-0.25, -0.2) is 9.67 Å². The Morgan fingerprint density at radius 3 is 2.36 bits per heavy atom. The van der Waals surface area contributed by atoms with Crippen LogP contribution in [0.5, 0.6) is 11.5 Å². The number of hydrogen-bond acceptors (Lipinski definition) is 11. The molecule has 55 heavy (non-hydrogen) atoms. The van der Waals surface area contributed by atoms with Gasteiger partial charge in [0.2, 0.25) is 5.91 Å². The van der Waals surface area contributed by atoms with E-state index < -0.39 is 17.5 Å². The van der Waals surface area contributed by atoms with Crippen LogP contribution in [0.15, 0.2) is 53.6 Å². The maximum atomic E-state index is 13.5. The third-order valence-electron chi connectivity index (χ3n) is 11.6. The van der Waals surface area contributed by atoms with Crippen LogP contribution in [0.3, 0.4) is 0 Å². The third-order valence-corrected chi connectivity index (χ3v) is 11.9. The lowest BCUT2D eigenvalue weighted by atomic mass is 9.44. The molecule has 1 aliphatic carbocycles. The SMILES string of the molecule is CC1(C)C(CC(=O)c2ccc(N3CCN(CCCCCCOc4cnn(C5CCC(=O)NC5=O)c(=O)c4)CC3)nc2)C(C)(C)C1Oc1ccc(C#N)c(Cl)c1. The number of carbonyl (C=O) groups excluding carboxylic acids is 3. The summed E-state index contributed by atoms with van der Waals surface area (Å²) in [5, 5.41) is 15.9. The average Bonchev–Trinajstić information content (AvgIpc) is 3.16. The smallest absolute Gasteiger partial charge is 0.271 e. The molecule has 1 saturated carbocycles. The summed E-state index contributed by atoms with van der Waals surface area (Å²) < 4.78 is 13.2. The predicted molar refractivity (Wildman–Crippen MR) is 207 cm³/mol. The van der Waals surface area contributed by atoms with Crippen molar-refractivity contribution in [3.05, 3.63) is 75.3 Å². The number of piperidine rings is 1. The topological polar surface area (TPSA) is 160 Å². The lowest BCUT2D eigenvalue weighted by Crippen LogP contribution is -2.66. The molecule has 2 amide bonds. The molecule has 0 spiro atoms. The number of benzene rings is 1. The second-order valence-corrected chi connectivity index (χ2v) is 16.4. The Morgan fingerprint density at radius 2 is 1.71 bits per heavy atom. The van der Waals surface area contributed by atoms with Crippen molar-refractivity contribution in [1.29, 1.82) is 5.26 Å². The number of carbonyl (C=O) groups is 3. The van der Waals surface area contributed by atoms with Gasteiger partial charge in [-0.2, -0.15) is 10.4 Å². The number of nitrogens with zero attached hydrogens (tertiary/aromatic N) is 6. The minimum Gasteiger partial charge on any atom is -0.492 e. The van der Waals surface area contributed by atoms with E-state index >= 15 is 0 Å². The van der Waals surface area contributed by atoms with Gasteiger partial charge in [-0.3, -0.25) is 29.4 Å². The van der Waals surface area contributed by atoms with Crippen LogP contribution in [0.1, 0.15) is 94.6 Å². The van der Waals surface area contributed by atoms with Crippen molar-refractivity contribution in [1.82, 2.24) is 25.0 Å². The van der Waals surface area contributed by atoms with Gasteiger partial charge >= 0.3 is 0 Å². The number of piperazine rings is 1. The van der Waals surface area contributed by atoms with E-state index in [2.05, 4.69) is 54.0 Å². The largest absolute Gasteiger partial charge is 0.492 e. The van der Waals surface area contributed by atoms with Crippen LogP contribution in [-0.4, -0.2) is 82.7 Å². The van der Waals surface area contributed by atoms with Crippen LogP contribution >= 0.6 is 11.6 Å². The molecule has 3 fully saturated rings. The van der Waals surface area contributed by atoms with Gasteiger partial charge in [0.05, 0.1) is 23.4 Å². The molecule has 1 aromatic carbocycles. The number of imide groups is 1. The van der Waals surface area contributed by atoms with Crippen LogP contribution < -0.4 is 25.2 Å². The summed E-state index contributed by atoms with van der Waals surface area (Å²) in [5.74, 6) is 1.22. The molecule has 2 aliphatic heterocycles. The first kappa shape index (κ1) is 39.9. The summed E-state index contributed by atoms with van der Waals surface area (Å²) in [6.07, 6.45) is 7.88. The molecule has 6 rings (SSSR count). The first-order chi connectivity index (χ1) is 26.3. The second-order valence-electron chi connectivity index (χ2n) is 16.0. The molecule has 13 nitrogen and oxygen atoms in total. The molecule has 0 bridgehead atoms. The highest BCUT2D eigenvalue weighted by atomic mass is 35.5. The van der Waals surface area contributed by atoms with E-state index in [9.17, 15) is 24.4 Å². The fourth-order valence-electron chi connectivity index (χ4n) is 8.67. The zero-order valence-corrected chi connectivity index (χ0v) is 32.8. The number of ether oxygens (including phenoxy) is 2. The summed E-state index contributed by atoms with van der Waals surface area (Å²) in [6, 6.07) is 11.6. The van der Waals surface area contributed by atoms with E-state index in [0.717, 1.165) is 68.9 Å². The number of hydrogen-bond donors (Lipinski definition) is 1. The fourth-order valence-corrected chi connectivity index (χ4v) is 8.88. The van der Waals surface area contributed by atoms with Crippen molar-refractivity contribution >= 4 is 35.0 Å². The lowest BCUT2D eigenvalue weighted by molar-refractivity contribution is -0.196. The third kappa shape index (κ3) is 9.03. The van der Waals surface area contributed by atoms with Gasteiger partial charge in [-0.1, -0.05) is 52.1 Å². The quantitative estimate of drug-likeness (QED) is 0.116. The Labute approximate surface area is 326 Å². The highest BCUT2D eigenvalue weighted by Crippen LogP contribution is 2.61. The Kier molecular flexibility index (Phi) is 12.3. The molecule has 1 atom stereocenters. The molecule has 0 radical (unpaired) electrons. The van der Waals surface area contributed by atoms with Crippen LogP contribution in [0, 0.1) is 28.1 Å². The minimum atomic E-state index is -0.784. The van der Waals surface area contributed by atoms with Gasteiger partial charge in [0.15, 0.2) is 5.78 Å². The molecule has 2 aromatic heterocycles. The molecule has 1 N–H and O–H groups in total. The zero-order valence-electron chi connectivity index (χ0n) is 32.1. The lowest BCUT2D eigenvalue weighted by Gasteiger charge is -2.63. The van der Waals surface area contributed by atoms with Gasteiger partial charge in [-0.05, 0) is 56.0 Å². The fraction of sp³-hybridized carbons (Fsp3) is 0.537. The standard InChI is InChI=1S/C41H50ClN7O6/c1-40(2)34(41(3,4)39(40)55-29-11-9-27(24-43)31(42)21-29)23-33(50)28-10-13-35(44-25-28)48-18-16-47(17-19-48)15-7-5-6-8-20-54-30-22-37(52)49(45-26-30)32-12-14-36(51)46-38(32)53/h9-11,13,21-22,25-26,32,34,39H,5-8,12,14-20,23H2,1-4H3,(H,46,51,53). The number of Topliss-reactive ketones (excluding diaryl/α,β-unsaturated/α-hetero) is 1. The average molecular weight is 772 g/mol. The number of amides is 2. The van der Waals surface area contributed by atoms with Gasteiger partial charge in [-0.15, -0.1) is 0 Å². The van der Waals surface area contributed by atoms with Crippen LogP contribution in [0.2, 0.25) is 5.02 Å². The van der Waals surface area contributed by atoms with E-state index in [-0.39, 0.29) is 47.4 Å². The highest BCUT2D eigenvalue weighted by molar-refractivity contribution is 6.31. The van der Waals surface area contributed by atoms with Crippen LogP contribution in [-0.2, 0) is 9.59 Å². The molecule has 2 saturated heterocycles. The predicted octanol–water partition coefficient (Wildman–Crippen LogP) is 5.61. The number of anilines is 1. The number of unbranched alkanes of at least 4 members (excludes halogenated alkanes) is 3. The molecular weight excluding hydrogens is 722 g/mol. The first-order valence-corrected chi connectivity index (χ1v) is 19.5. The first-order valence-electron chi connectivity index (χ1n) is 19.2. The number of nitriles is 1. The van der Waals surface area contributed by atoms with Crippen molar-refractivity contribution < 1.29 is 23.9 Å². The van der Waals surface area contributed by atoms with Crippen molar-refractivity contribution in [2.75, 3.05) is 44.2 Å². The Bertz CT molecular complexity index is 1970. The number of halogens is 1. The Hall–Kier alpha value is -4.80. The van der Waals surface area contributed by atoms with Gasteiger partial charge in [0.25, 0.3) is 11.5 Å². The van der Waals surface area contributed by atoms with E-state index in [4.69, 9.17) is 26.1 Å². The zero-order chi connectivity index (χ0) is 39.3. The van der Waals surface area contributed by atoms with Crippen LogP contribution in [0.4, 0.5) is 5.82 Å². The number of nitrogens with one attached hydrogen (secondary N) is 1. The maximum Gasteiger partial charge on any atom is 0.271 e. The number of pyridine rings is 1. The normalized spacial score (nSPS) is 22.0. The summed E-state index contributed by atoms with van der Waals surface area (Å²) in [5.41, 5.74) is 0.0959. The molecule has 292 valence electrons. The molecule has 3 aromatic rings. The number of ketones is 1. The van der Waals surface area contributed by atoms with E-state index in [1.165, 1.54) is 12.3 Å². The monoisotopic (exact) mass is 771 g/mol. The van der Waals surface area contributed by atoms with E-state index in [0.29, 0.717) is 40.7 Å².